The van der Waals surface area contributed by atoms with Crippen LogP contribution in [0.4, 0.5) is 0 Å². The highest BCUT2D eigenvalue weighted by molar-refractivity contribution is 14.0. The second-order valence-corrected chi connectivity index (χ2v) is 7.61. The van der Waals surface area contributed by atoms with E-state index in [9.17, 15) is 0 Å². The molecule has 1 unspecified atom stereocenters. The molecular formula is C17H28IN3S. The van der Waals surface area contributed by atoms with Crippen molar-refractivity contribution in [1.82, 2.24) is 10.6 Å². The van der Waals surface area contributed by atoms with E-state index in [1.807, 2.05) is 7.05 Å². The fourth-order valence-corrected chi connectivity index (χ4v) is 3.92. The second kappa shape index (κ2) is 9.65. The Morgan fingerprint density at radius 2 is 2.09 bits per heavy atom. The van der Waals surface area contributed by atoms with E-state index in [4.69, 9.17) is 0 Å². The van der Waals surface area contributed by atoms with Gasteiger partial charge in [-0.1, -0.05) is 24.3 Å². The second-order valence-electron chi connectivity index (χ2n) is 5.93. The molecule has 2 rings (SSSR count). The van der Waals surface area contributed by atoms with Crippen LogP contribution in [0.2, 0.25) is 0 Å². The molecule has 5 heteroatoms. The molecule has 1 saturated heterocycles. The number of rotatable bonds is 5. The minimum Gasteiger partial charge on any atom is -0.356 e. The molecule has 0 bridgehead atoms. The number of nitrogens with one attached hydrogen (secondary N) is 2. The molecule has 0 radical (unpaired) electrons. The maximum Gasteiger partial charge on any atom is 0.191 e. The topological polar surface area (TPSA) is 36.4 Å². The first kappa shape index (κ1) is 19.6. The molecule has 3 nitrogen and oxygen atoms in total. The number of nitrogens with zero attached hydrogens (tertiary/aromatic N) is 1. The largest absolute Gasteiger partial charge is 0.356 e. The van der Waals surface area contributed by atoms with Gasteiger partial charge in [-0.15, -0.1) is 24.0 Å². The van der Waals surface area contributed by atoms with Gasteiger partial charge in [0.2, 0.25) is 0 Å². The highest BCUT2D eigenvalue weighted by Gasteiger charge is 2.29. The molecule has 1 aromatic carbocycles. The average Bonchev–Trinajstić information content (AvgIpc) is 2.91. The van der Waals surface area contributed by atoms with Gasteiger partial charge in [0.25, 0.3) is 0 Å². The van der Waals surface area contributed by atoms with Crippen molar-refractivity contribution in [3.63, 3.8) is 0 Å². The lowest BCUT2D eigenvalue weighted by Crippen LogP contribution is -2.44. The van der Waals surface area contributed by atoms with Gasteiger partial charge in [0.15, 0.2) is 5.96 Å². The van der Waals surface area contributed by atoms with Crippen molar-refractivity contribution in [3.05, 3.63) is 35.4 Å². The third kappa shape index (κ3) is 5.99. The Morgan fingerprint density at radius 1 is 1.32 bits per heavy atom. The standard InChI is InChI=1S/C17H27N3S.HI/c1-14-7-4-5-8-15(14)9-11-19-16(18-3)20-13-17(2)10-6-12-21-17;/h4-5,7-8H,6,9-13H2,1-3H3,(H2,18,19,20);1H. The molecular weight excluding hydrogens is 405 g/mol. The fraction of sp³-hybridized carbons (Fsp3) is 0.588. The van der Waals surface area contributed by atoms with Gasteiger partial charge >= 0.3 is 0 Å². The zero-order valence-electron chi connectivity index (χ0n) is 13.8. The molecule has 2 N–H and O–H groups in total. The first-order valence-corrected chi connectivity index (χ1v) is 8.74. The van der Waals surface area contributed by atoms with Crippen LogP contribution < -0.4 is 10.6 Å². The summed E-state index contributed by atoms with van der Waals surface area (Å²) in [6, 6.07) is 8.56. The SMILES string of the molecule is CN=C(NCCc1ccccc1C)NCC1(C)CCCS1.I. The summed E-state index contributed by atoms with van der Waals surface area (Å²) >= 11 is 2.07. The number of aliphatic imine (C=N–C) groups is 1. The molecule has 0 amide bonds. The molecule has 22 heavy (non-hydrogen) atoms. The smallest absolute Gasteiger partial charge is 0.191 e. The Bertz CT molecular complexity index is 485. The molecule has 1 aliphatic rings. The van der Waals surface area contributed by atoms with Crippen LogP contribution in [0.15, 0.2) is 29.3 Å². The highest BCUT2D eigenvalue weighted by atomic mass is 127. The summed E-state index contributed by atoms with van der Waals surface area (Å²) < 4.78 is 0.369. The Morgan fingerprint density at radius 3 is 2.73 bits per heavy atom. The maximum atomic E-state index is 4.32. The van der Waals surface area contributed by atoms with E-state index in [2.05, 4.69) is 65.5 Å². The van der Waals surface area contributed by atoms with Gasteiger partial charge in [-0.2, -0.15) is 11.8 Å². The minimum absolute atomic E-state index is 0. The van der Waals surface area contributed by atoms with E-state index < -0.39 is 0 Å². The summed E-state index contributed by atoms with van der Waals surface area (Å²) in [6.07, 6.45) is 3.66. The highest BCUT2D eigenvalue weighted by Crippen LogP contribution is 2.36. The number of hydrogen-bond donors (Lipinski definition) is 2. The monoisotopic (exact) mass is 433 g/mol. The zero-order chi connectivity index (χ0) is 15.1. The molecule has 1 aliphatic heterocycles. The van der Waals surface area contributed by atoms with Crippen LogP contribution in [0.5, 0.6) is 0 Å². The van der Waals surface area contributed by atoms with Crippen LogP contribution in [-0.4, -0.2) is 36.6 Å². The Balaban J connectivity index is 0.00000242. The summed E-state index contributed by atoms with van der Waals surface area (Å²) in [5, 5.41) is 6.89. The third-order valence-electron chi connectivity index (χ3n) is 4.10. The summed E-state index contributed by atoms with van der Waals surface area (Å²) in [5.41, 5.74) is 2.76. The summed E-state index contributed by atoms with van der Waals surface area (Å²) in [5.74, 6) is 2.20. The molecule has 0 saturated carbocycles. The van der Waals surface area contributed by atoms with E-state index >= 15 is 0 Å². The number of aryl methyl sites for hydroxylation is 1. The van der Waals surface area contributed by atoms with E-state index in [1.165, 1.54) is 29.7 Å². The molecule has 1 fully saturated rings. The van der Waals surface area contributed by atoms with Crippen LogP contribution in [0.25, 0.3) is 0 Å². The molecule has 124 valence electrons. The lowest BCUT2D eigenvalue weighted by atomic mass is 10.1. The fourth-order valence-electron chi connectivity index (χ4n) is 2.67. The van der Waals surface area contributed by atoms with Gasteiger partial charge in [-0.25, -0.2) is 0 Å². The Labute approximate surface area is 156 Å². The average molecular weight is 433 g/mol. The lowest BCUT2D eigenvalue weighted by Gasteiger charge is -2.24. The maximum absolute atomic E-state index is 4.32. The van der Waals surface area contributed by atoms with Crippen LogP contribution in [-0.2, 0) is 6.42 Å². The number of hydrogen-bond acceptors (Lipinski definition) is 2. The lowest BCUT2D eigenvalue weighted by molar-refractivity contribution is 0.584. The Hall–Kier alpha value is -0.430. The van der Waals surface area contributed by atoms with Crippen molar-refractivity contribution in [1.29, 1.82) is 0 Å². The quantitative estimate of drug-likeness (QED) is 0.423. The van der Waals surface area contributed by atoms with Crippen molar-refractivity contribution < 1.29 is 0 Å². The number of benzene rings is 1. The van der Waals surface area contributed by atoms with Crippen LogP contribution in [0, 0.1) is 6.92 Å². The van der Waals surface area contributed by atoms with E-state index in [-0.39, 0.29) is 24.0 Å². The number of halogens is 1. The van der Waals surface area contributed by atoms with Crippen molar-refractivity contribution in [3.8, 4) is 0 Å². The predicted molar refractivity (Wildman–Crippen MR) is 110 cm³/mol. The molecule has 0 aliphatic carbocycles. The van der Waals surface area contributed by atoms with Crippen molar-refractivity contribution in [2.24, 2.45) is 4.99 Å². The van der Waals surface area contributed by atoms with Crippen LogP contribution in [0.1, 0.15) is 30.9 Å². The van der Waals surface area contributed by atoms with Gasteiger partial charge in [-0.05, 0) is 50.0 Å². The summed E-state index contributed by atoms with van der Waals surface area (Å²) in [4.78, 5) is 4.32. The van der Waals surface area contributed by atoms with E-state index in [0.717, 1.165) is 25.5 Å². The first-order chi connectivity index (χ1) is 10.1. The summed E-state index contributed by atoms with van der Waals surface area (Å²) in [6.45, 7) is 6.41. The Kier molecular flexibility index (Phi) is 8.61. The minimum atomic E-state index is 0. The van der Waals surface area contributed by atoms with Crippen molar-refractivity contribution in [2.45, 2.75) is 37.9 Å². The third-order valence-corrected chi connectivity index (χ3v) is 5.64. The van der Waals surface area contributed by atoms with E-state index in [1.54, 1.807) is 0 Å². The molecule has 1 atom stereocenters. The van der Waals surface area contributed by atoms with Crippen LogP contribution in [0.3, 0.4) is 0 Å². The first-order valence-electron chi connectivity index (χ1n) is 7.76. The number of thioether (sulfide) groups is 1. The predicted octanol–water partition coefficient (Wildman–Crippen LogP) is 3.61. The number of guanidine groups is 1. The molecule has 0 aromatic heterocycles. The van der Waals surface area contributed by atoms with E-state index in [0.29, 0.717) is 4.75 Å². The van der Waals surface area contributed by atoms with Gasteiger partial charge in [0, 0.05) is 24.9 Å². The molecule has 0 spiro atoms. The normalized spacial score (nSPS) is 21.3. The summed E-state index contributed by atoms with van der Waals surface area (Å²) in [7, 11) is 1.84. The van der Waals surface area contributed by atoms with Crippen LogP contribution >= 0.6 is 35.7 Å². The van der Waals surface area contributed by atoms with Gasteiger partial charge in [0.1, 0.15) is 0 Å². The van der Waals surface area contributed by atoms with Gasteiger partial charge < -0.3 is 10.6 Å². The molecule has 1 heterocycles. The van der Waals surface area contributed by atoms with Crippen molar-refractivity contribution >= 4 is 41.7 Å². The van der Waals surface area contributed by atoms with Gasteiger partial charge in [-0.3, -0.25) is 4.99 Å². The van der Waals surface area contributed by atoms with Gasteiger partial charge in [0.05, 0.1) is 0 Å². The zero-order valence-corrected chi connectivity index (χ0v) is 17.0. The van der Waals surface area contributed by atoms with Crippen molar-refractivity contribution in [2.75, 3.05) is 25.9 Å². The molecule has 1 aromatic rings.